The van der Waals surface area contributed by atoms with Crippen molar-refractivity contribution in [3.8, 4) is 6.07 Å². The second-order valence-corrected chi connectivity index (χ2v) is 4.18. The molecule has 1 aromatic carbocycles. The number of nitrogens with zero attached hydrogens (tertiary/aromatic N) is 1. The first-order chi connectivity index (χ1) is 8.77. The number of aliphatic hydroxyl groups is 1. The monoisotopic (exact) mass is 248 g/mol. The Balaban J connectivity index is 2.42. The molecule has 2 N–H and O–H groups in total. The third kappa shape index (κ3) is 5.28. The molecule has 18 heavy (non-hydrogen) atoms. The summed E-state index contributed by atoms with van der Waals surface area (Å²) in [6.07, 6.45) is 0.577. The summed E-state index contributed by atoms with van der Waals surface area (Å²) in [7, 11) is 1.57. The van der Waals surface area contributed by atoms with E-state index < -0.39 is 6.10 Å². The minimum absolute atomic E-state index is 0.0194. The fourth-order valence-electron chi connectivity index (χ4n) is 1.78. The van der Waals surface area contributed by atoms with E-state index in [0.717, 1.165) is 5.56 Å². The Labute approximate surface area is 108 Å². The molecular formula is C14H20N2O2. The number of hydrogen-bond donors (Lipinski definition) is 2. The van der Waals surface area contributed by atoms with Crippen LogP contribution in [-0.2, 0) is 4.74 Å². The predicted octanol–water partition coefficient (Wildman–Crippen LogP) is 1.63. The number of aliphatic hydroxyl groups excluding tert-OH is 1. The van der Waals surface area contributed by atoms with Crippen molar-refractivity contribution in [3.05, 3.63) is 35.9 Å². The number of rotatable bonds is 8. The van der Waals surface area contributed by atoms with Crippen molar-refractivity contribution in [2.24, 2.45) is 0 Å². The molecule has 0 aliphatic carbocycles. The Hall–Kier alpha value is -1.41. The van der Waals surface area contributed by atoms with Gasteiger partial charge < -0.3 is 15.2 Å². The van der Waals surface area contributed by atoms with Gasteiger partial charge >= 0.3 is 0 Å². The SMILES string of the molecule is COCC(O)CCNC(CC#N)c1ccccc1. The van der Waals surface area contributed by atoms with Crippen molar-refractivity contribution in [3.63, 3.8) is 0 Å². The first-order valence-electron chi connectivity index (χ1n) is 6.10. The fraction of sp³-hybridized carbons (Fsp3) is 0.500. The van der Waals surface area contributed by atoms with Crippen molar-refractivity contribution in [1.82, 2.24) is 5.32 Å². The van der Waals surface area contributed by atoms with Crippen LogP contribution in [0.5, 0.6) is 0 Å². The summed E-state index contributed by atoms with van der Waals surface area (Å²) in [5.74, 6) is 0. The molecule has 0 bridgehead atoms. The third-order valence-corrected chi connectivity index (χ3v) is 2.72. The van der Waals surface area contributed by atoms with Gasteiger partial charge in [-0.05, 0) is 18.5 Å². The van der Waals surface area contributed by atoms with Crippen LogP contribution in [-0.4, -0.2) is 31.5 Å². The molecular weight excluding hydrogens is 228 g/mol. The van der Waals surface area contributed by atoms with Crippen LogP contribution >= 0.6 is 0 Å². The summed E-state index contributed by atoms with van der Waals surface area (Å²) in [6, 6.07) is 12.1. The molecule has 4 nitrogen and oxygen atoms in total. The zero-order chi connectivity index (χ0) is 13.2. The maximum absolute atomic E-state index is 9.53. The van der Waals surface area contributed by atoms with Crippen LogP contribution in [0, 0.1) is 11.3 Å². The summed E-state index contributed by atoms with van der Waals surface area (Å²) in [6.45, 7) is 1.00. The Kier molecular flexibility index (Phi) is 7.04. The van der Waals surface area contributed by atoms with Crippen LogP contribution in [0.3, 0.4) is 0 Å². The van der Waals surface area contributed by atoms with Crippen molar-refractivity contribution in [2.75, 3.05) is 20.3 Å². The topological polar surface area (TPSA) is 65.3 Å². The largest absolute Gasteiger partial charge is 0.391 e. The highest BCUT2D eigenvalue weighted by Gasteiger charge is 2.11. The van der Waals surface area contributed by atoms with Gasteiger partial charge in [0, 0.05) is 13.2 Å². The van der Waals surface area contributed by atoms with Crippen LogP contribution in [0.4, 0.5) is 0 Å². The van der Waals surface area contributed by atoms with E-state index in [2.05, 4.69) is 11.4 Å². The standard InChI is InChI=1S/C14H20N2O2/c1-18-11-13(17)8-10-16-14(7-9-15)12-5-3-2-4-6-12/h2-6,13-14,16-17H,7-8,10-11H2,1H3. The van der Waals surface area contributed by atoms with Gasteiger partial charge in [-0.25, -0.2) is 0 Å². The maximum atomic E-state index is 9.53. The number of benzene rings is 1. The molecule has 1 rings (SSSR count). The lowest BCUT2D eigenvalue weighted by molar-refractivity contribution is 0.0590. The quantitative estimate of drug-likeness (QED) is 0.734. The molecule has 1 aromatic rings. The van der Waals surface area contributed by atoms with Gasteiger partial charge in [-0.15, -0.1) is 0 Å². The van der Waals surface area contributed by atoms with E-state index in [9.17, 15) is 5.11 Å². The average molecular weight is 248 g/mol. The number of hydrogen-bond acceptors (Lipinski definition) is 4. The Morgan fingerprint density at radius 2 is 2.11 bits per heavy atom. The second-order valence-electron chi connectivity index (χ2n) is 4.18. The van der Waals surface area contributed by atoms with Gasteiger partial charge in [-0.2, -0.15) is 5.26 Å². The van der Waals surface area contributed by atoms with E-state index >= 15 is 0 Å². The molecule has 2 unspecified atom stereocenters. The maximum Gasteiger partial charge on any atom is 0.0785 e. The number of nitrogens with one attached hydrogen (secondary N) is 1. The second kappa shape index (κ2) is 8.65. The highest BCUT2D eigenvalue weighted by atomic mass is 16.5. The fourth-order valence-corrected chi connectivity index (χ4v) is 1.78. The molecule has 0 saturated carbocycles. The minimum Gasteiger partial charge on any atom is -0.391 e. The summed E-state index contributed by atoms with van der Waals surface area (Å²) in [4.78, 5) is 0. The van der Waals surface area contributed by atoms with Gasteiger partial charge in [-0.1, -0.05) is 30.3 Å². The van der Waals surface area contributed by atoms with Gasteiger partial charge in [0.2, 0.25) is 0 Å². The normalized spacial score (nSPS) is 13.8. The zero-order valence-electron chi connectivity index (χ0n) is 10.7. The highest BCUT2D eigenvalue weighted by molar-refractivity contribution is 5.19. The summed E-state index contributed by atoms with van der Waals surface area (Å²) >= 11 is 0. The van der Waals surface area contributed by atoms with Gasteiger partial charge in [0.15, 0.2) is 0 Å². The molecule has 4 heteroatoms. The summed E-state index contributed by atoms with van der Waals surface area (Å²) in [5.41, 5.74) is 1.10. The number of ether oxygens (including phenoxy) is 1. The molecule has 2 atom stereocenters. The zero-order valence-corrected chi connectivity index (χ0v) is 10.7. The van der Waals surface area contributed by atoms with Crippen LogP contribution in [0.25, 0.3) is 0 Å². The van der Waals surface area contributed by atoms with E-state index in [1.807, 2.05) is 30.3 Å². The van der Waals surface area contributed by atoms with E-state index in [-0.39, 0.29) is 6.04 Å². The number of nitriles is 1. The van der Waals surface area contributed by atoms with Crippen molar-refractivity contribution >= 4 is 0 Å². The summed E-state index contributed by atoms with van der Waals surface area (Å²) in [5, 5.41) is 21.7. The van der Waals surface area contributed by atoms with E-state index in [1.54, 1.807) is 7.11 Å². The van der Waals surface area contributed by atoms with Crippen LogP contribution in [0.1, 0.15) is 24.4 Å². The van der Waals surface area contributed by atoms with E-state index in [0.29, 0.717) is 26.0 Å². The molecule has 0 aliphatic heterocycles. The Morgan fingerprint density at radius 1 is 1.39 bits per heavy atom. The smallest absolute Gasteiger partial charge is 0.0785 e. The lowest BCUT2D eigenvalue weighted by atomic mass is 10.0. The van der Waals surface area contributed by atoms with Gasteiger partial charge in [-0.3, -0.25) is 0 Å². The van der Waals surface area contributed by atoms with Crippen LogP contribution in [0.15, 0.2) is 30.3 Å². The molecule has 0 aliphatic rings. The van der Waals surface area contributed by atoms with E-state index in [4.69, 9.17) is 10.00 Å². The molecule has 0 amide bonds. The summed E-state index contributed by atoms with van der Waals surface area (Å²) < 4.78 is 4.86. The van der Waals surface area contributed by atoms with E-state index in [1.165, 1.54) is 0 Å². The van der Waals surface area contributed by atoms with Gasteiger partial charge in [0.25, 0.3) is 0 Å². The Bertz CT molecular complexity index is 362. The molecule has 0 saturated heterocycles. The van der Waals surface area contributed by atoms with Crippen molar-refractivity contribution in [1.29, 1.82) is 5.26 Å². The lowest BCUT2D eigenvalue weighted by Gasteiger charge is -2.17. The molecule has 0 radical (unpaired) electrons. The van der Waals surface area contributed by atoms with Crippen molar-refractivity contribution in [2.45, 2.75) is 25.0 Å². The highest BCUT2D eigenvalue weighted by Crippen LogP contribution is 2.15. The minimum atomic E-state index is -0.457. The number of methoxy groups -OCH3 is 1. The van der Waals surface area contributed by atoms with Crippen LogP contribution < -0.4 is 5.32 Å². The molecule has 0 aromatic heterocycles. The molecule has 98 valence electrons. The lowest BCUT2D eigenvalue weighted by Crippen LogP contribution is -2.26. The molecule has 0 heterocycles. The first-order valence-corrected chi connectivity index (χ1v) is 6.10. The predicted molar refractivity (Wildman–Crippen MR) is 69.9 cm³/mol. The van der Waals surface area contributed by atoms with Crippen LogP contribution in [0.2, 0.25) is 0 Å². The van der Waals surface area contributed by atoms with Gasteiger partial charge in [0.05, 0.1) is 25.2 Å². The van der Waals surface area contributed by atoms with Gasteiger partial charge in [0.1, 0.15) is 0 Å². The molecule has 0 fully saturated rings. The van der Waals surface area contributed by atoms with Crippen molar-refractivity contribution < 1.29 is 9.84 Å². The average Bonchev–Trinajstić information content (AvgIpc) is 2.39. The first kappa shape index (κ1) is 14.7. The Morgan fingerprint density at radius 3 is 2.72 bits per heavy atom. The molecule has 0 spiro atoms. The third-order valence-electron chi connectivity index (χ3n) is 2.72.